The van der Waals surface area contributed by atoms with Crippen LogP contribution in [-0.4, -0.2) is 32.9 Å². The van der Waals surface area contributed by atoms with Crippen LogP contribution in [0.25, 0.3) is 33.5 Å². The van der Waals surface area contributed by atoms with Gasteiger partial charge in [0.05, 0.1) is 34.2 Å². The Morgan fingerprint density at radius 1 is 1.12 bits per heavy atom. The summed E-state index contributed by atoms with van der Waals surface area (Å²) in [5, 5.41) is 13.5. The maximum Gasteiger partial charge on any atom is 0.154 e. The summed E-state index contributed by atoms with van der Waals surface area (Å²) in [7, 11) is 0. The Labute approximate surface area is 189 Å². The van der Waals surface area contributed by atoms with E-state index in [2.05, 4.69) is 38.4 Å². The van der Waals surface area contributed by atoms with Crippen LogP contribution >= 0.6 is 11.3 Å². The molecule has 32 heavy (non-hydrogen) atoms. The number of aromatic amines is 1. The summed E-state index contributed by atoms with van der Waals surface area (Å²) < 4.78 is 5.99. The van der Waals surface area contributed by atoms with Gasteiger partial charge >= 0.3 is 0 Å². The Hall–Kier alpha value is -3.47. The normalized spacial score (nSPS) is 15.5. The molecule has 0 aliphatic carbocycles. The number of nitrogens with zero attached hydrogens (tertiary/aromatic N) is 4. The number of benzene rings is 2. The lowest BCUT2D eigenvalue weighted by Gasteiger charge is -2.30. The first kappa shape index (κ1) is 19.2. The van der Waals surface area contributed by atoms with Crippen LogP contribution in [0.5, 0.6) is 0 Å². The van der Waals surface area contributed by atoms with Gasteiger partial charge < -0.3 is 9.40 Å². The van der Waals surface area contributed by atoms with Gasteiger partial charge in [-0.25, -0.2) is 9.97 Å². The van der Waals surface area contributed by atoms with Gasteiger partial charge in [0.2, 0.25) is 0 Å². The molecule has 1 saturated heterocycles. The number of aromatic nitrogens is 3. The molecule has 0 unspecified atom stereocenters. The highest BCUT2D eigenvalue weighted by Crippen LogP contribution is 2.35. The van der Waals surface area contributed by atoms with E-state index in [0.717, 1.165) is 71.8 Å². The predicted octanol–water partition coefficient (Wildman–Crippen LogP) is 5.68. The topological polar surface area (TPSA) is 81.7 Å². The SMILES string of the molecule is N#Cc1ccc2nc(CN3CCC(c4nc(-c5cc6ccccc6o5)cs4)CC3)[nH]c2c1. The fourth-order valence-electron chi connectivity index (χ4n) is 4.45. The smallest absolute Gasteiger partial charge is 0.154 e. The van der Waals surface area contributed by atoms with Crippen LogP contribution in [0, 0.1) is 11.3 Å². The molecule has 1 aliphatic rings. The van der Waals surface area contributed by atoms with Gasteiger partial charge in [-0.2, -0.15) is 5.26 Å². The third-order valence-electron chi connectivity index (χ3n) is 6.17. The lowest BCUT2D eigenvalue weighted by molar-refractivity contribution is 0.201. The average molecular weight is 440 g/mol. The standard InChI is InChI=1S/C25H21N5OS/c26-13-16-5-6-19-20(11-16)28-24(27-19)14-30-9-7-17(8-10-30)25-29-21(15-32-25)23-12-18-3-1-2-4-22(18)31-23/h1-6,11-12,15,17H,7-10,14H2,(H,27,28). The number of thiazole rings is 1. The highest BCUT2D eigenvalue weighted by Gasteiger charge is 2.24. The largest absolute Gasteiger partial charge is 0.454 e. The zero-order chi connectivity index (χ0) is 21.5. The van der Waals surface area contributed by atoms with Crippen molar-refractivity contribution in [1.82, 2.24) is 19.9 Å². The van der Waals surface area contributed by atoms with Crippen molar-refractivity contribution in [2.24, 2.45) is 0 Å². The molecule has 1 N–H and O–H groups in total. The van der Waals surface area contributed by atoms with Crippen LogP contribution in [0.2, 0.25) is 0 Å². The van der Waals surface area contributed by atoms with Gasteiger partial charge in [-0.3, -0.25) is 4.90 Å². The molecule has 2 aromatic carbocycles. The second-order valence-corrected chi connectivity index (χ2v) is 9.19. The van der Waals surface area contributed by atoms with Crippen molar-refractivity contribution in [2.45, 2.75) is 25.3 Å². The minimum atomic E-state index is 0.489. The molecular weight excluding hydrogens is 418 g/mol. The summed E-state index contributed by atoms with van der Waals surface area (Å²) in [4.78, 5) is 15.4. The number of piperidine rings is 1. The number of nitrogens with one attached hydrogen (secondary N) is 1. The second-order valence-electron chi connectivity index (χ2n) is 8.30. The maximum atomic E-state index is 9.08. The van der Waals surface area contributed by atoms with E-state index in [-0.39, 0.29) is 0 Å². The Kier molecular flexibility index (Phi) is 4.75. The molecule has 6 nitrogen and oxygen atoms in total. The zero-order valence-electron chi connectivity index (χ0n) is 17.4. The summed E-state index contributed by atoms with van der Waals surface area (Å²) >= 11 is 1.74. The third kappa shape index (κ3) is 3.58. The molecule has 0 amide bonds. The molecule has 4 heterocycles. The van der Waals surface area contributed by atoms with Crippen LogP contribution in [-0.2, 0) is 6.54 Å². The maximum absolute atomic E-state index is 9.08. The molecule has 1 fully saturated rings. The van der Waals surface area contributed by atoms with E-state index in [1.165, 1.54) is 5.01 Å². The molecule has 158 valence electrons. The van der Waals surface area contributed by atoms with Gasteiger partial charge in [0, 0.05) is 16.7 Å². The van der Waals surface area contributed by atoms with E-state index in [1.807, 2.05) is 36.4 Å². The molecule has 6 rings (SSSR count). The highest BCUT2D eigenvalue weighted by atomic mass is 32.1. The quantitative estimate of drug-likeness (QED) is 0.389. The summed E-state index contributed by atoms with van der Waals surface area (Å²) in [6.45, 7) is 2.83. The summed E-state index contributed by atoms with van der Waals surface area (Å²) in [5.74, 6) is 2.29. The second kappa shape index (κ2) is 7.90. The lowest BCUT2D eigenvalue weighted by atomic mass is 9.97. The average Bonchev–Trinajstić information content (AvgIpc) is 3.56. The molecule has 0 radical (unpaired) electrons. The highest BCUT2D eigenvalue weighted by molar-refractivity contribution is 7.10. The summed E-state index contributed by atoms with van der Waals surface area (Å²) in [6, 6.07) is 17.9. The Morgan fingerprint density at radius 2 is 2.00 bits per heavy atom. The molecule has 5 aromatic rings. The van der Waals surface area contributed by atoms with Crippen LogP contribution in [0.1, 0.15) is 35.2 Å². The molecule has 0 bridgehead atoms. The van der Waals surface area contributed by atoms with Gasteiger partial charge in [0.25, 0.3) is 0 Å². The van der Waals surface area contributed by atoms with Crippen molar-refractivity contribution in [3.8, 4) is 17.5 Å². The minimum absolute atomic E-state index is 0.489. The van der Waals surface area contributed by atoms with E-state index in [9.17, 15) is 0 Å². The monoisotopic (exact) mass is 439 g/mol. The molecule has 0 spiro atoms. The van der Waals surface area contributed by atoms with Crippen molar-refractivity contribution < 1.29 is 4.42 Å². The minimum Gasteiger partial charge on any atom is -0.454 e. The number of para-hydroxylation sites is 1. The first-order valence-corrected chi connectivity index (χ1v) is 11.7. The summed E-state index contributed by atoms with van der Waals surface area (Å²) in [6.07, 6.45) is 2.18. The van der Waals surface area contributed by atoms with Crippen LogP contribution < -0.4 is 0 Å². The number of nitriles is 1. The number of fused-ring (bicyclic) bond motifs is 2. The van der Waals surface area contributed by atoms with Gasteiger partial charge in [0.1, 0.15) is 17.1 Å². The lowest BCUT2D eigenvalue weighted by Crippen LogP contribution is -2.32. The number of imidazole rings is 1. The van der Waals surface area contributed by atoms with E-state index in [0.29, 0.717) is 11.5 Å². The number of furan rings is 1. The zero-order valence-corrected chi connectivity index (χ0v) is 18.2. The molecule has 3 aromatic heterocycles. The first-order chi connectivity index (χ1) is 15.7. The van der Waals surface area contributed by atoms with Crippen LogP contribution in [0.15, 0.2) is 58.3 Å². The fourth-order valence-corrected chi connectivity index (χ4v) is 5.43. The van der Waals surface area contributed by atoms with Crippen molar-refractivity contribution in [1.29, 1.82) is 5.26 Å². The Bertz CT molecular complexity index is 1420. The van der Waals surface area contributed by atoms with Gasteiger partial charge in [-0.1, -0.05) is 18.2 Å². The van der Waals surface area contributed by atoms with E-state index in [1.54, 1.807) is 11.3 Å². The Morgan fingerprint density at radius 3 is 2.84 bits per heavy atom. The van der Waals surface area contributed by atoms with E-state index >= 15 is 0 Å². The third-order valence-corrected chi connectivity index (χ3v) is 7.18. The molecule has 0 saturated carbocycles. The molecular formula is C25H21N5OS. The first-order valence-electron chi connectivity index (χ1n) is 10.8. The van der Waals surface area contributed by atoms with E-state index in [4.69, 9.17) is 14.7 Å². The molecule has 0 atom stereocenters. The van der Waals surface area contributed by atoms with Gasteiger partial charge in [-0.15, -0.1) is 11.3 Å². The van der Waals surface area contributed by atoms with Crippen molar-refractivity contribution in [3.63, 3.8) is 0 Å². The van der Waals surface area contributed by atoms with Gasteiger partial charge in [0.15, 0.2) is 5.76 Å². The van der Waals surface area contributed by atoms with Crippen molar-refractivity contribution >= 4 is 33.3 Å². The summed E-state index contributed by atoms with van der Waals surface area (Å²) in [5.41, 5.74) is 4.33. The number of rotatable bonds is 4. The molecule has 1 aliphatic heterocycles. The number of hydrogen-bond donors (Lipinski definition) is 1. The number of hydrogen-bond acceptors (Lipinski definition) is 6. The number of H-pyrrole nitrogens is 1. The molecule has 7 heteroatoms. The van der Waals surface area contributed by atoms with E-state index < -0.39 is 0 Å². The number of likely N-dealkylation sites (tertiary alicyclic amines) is 1. The fraction of sp³-hybridized carbons (Fsp3) is 0.240. The van der Waals surface area contributed by atoms with Gasteiger partial charge in [-0.05, 0) is 56.3 Å². The predicted molar refractivity (Wildman–Crippen MR) is 125 cm³/mol. The van der Waals surface area contributed by atoms with Crippen molar-refractivity contribution in [3.05, 3.63) is 70.3 Å². The van der Waals surface area contributed by atoms with Crippen LogP contribution in [0.3, 0.4) is 0 Å². The van der Waals surface area contributed by atoms with Crippen LogP contribution in [0.4, 0.5) is 0 Å². The Balaban J connectivity index is 1.11. The van der Waals surface area contributed by atoms with Crippen molar-refractivity contribution in [2.75, 3.05) is 13.1 Å².